The Hall–Kier alpha value is -2.01. The van der Waals surface area contributed by atoms with Gasteiger partial charge in [0.15, 0.2) is 11.6 Å². The Morgan fingerprint density at radius 3 is 2.43 bits per heavy atom. The molecule has 1 atom stereocenters. The average molecular weight is 314 g/mol. The topological polar surface area (TPSA) is 29.1 Å². The third-order valence-electron chi connectivity index (χ3n) is 2.97. The minimum Gasteiger partial charge on any atom is -0.345 e. The van der Waals surface area contributed by atoms with Gasteiger partial charge >= 0.3 is 0 Å². The van der Waals surface area contributed by atoms with Crippen molar-refractivity contribution in [2.24, 2.45) is 0 Å². The quantitative estimate of drug-likeness (QED) is 0.902. The van der Waals surface area contributed by atoms with Gasteiger partial charge in [-0.15, -0.1) is 0 Å². The van der Waals surface area contributed by atoms with Gasteiger partial charge in [0.05, 0.1) is 16.6 Å². The molecule has 0 spiro atoms. The zero-order chi connectivity index (χ0) is 15.6. The molecule has 0 radical (unpaired) electrons. The van der Waals surface area contributed by atoms with E-state index in [-0.39, 0.29) is 10.6 Å². The van der Waals surface area contributed by atoms with Crippen molar-refractivity contribution >= 4 is 17.5 Å². The molecule has 2 aromatic carbocycles. The molecule has 2 aromatic rings. The van der Waals surface area contributed by atoms with Gasteiger partial charge in [0.25, 0.3) is 5.91 Å². The summed E-state index contributed by atoms with van der Waals surface area (Å²) < 4.78 is 39.0. The molecule has 2 nitrogen and oxygen atoms in total. The van der Waals surface area contributed by atoms with E-state index in [1.54, 1.807) is 6.92 Å². The molecule has 0 aromatic heterocycles. The number of amides is 1. The normalized spacial score (nSPS) is 12.0. The number of benzene rings is 2. The lowest BCUT2D eigenvalue weighted by molar-refractivity contribution is 0.0940. The first-order chi connectivity index (χ1) is 9.88. The highest BCUT2D eigenvalue weighted by atomic mass is 35.5. The van der Waals surface area contributed by atoms with E-state index >= 15 is 0 Å². The number of halogens is 4. The van der Waals surface area contributed by atoms with Crippen LogP contribution < -0.4 is 5.32 Å². The van der Waals surface area contributed by atoms with E-state index < -0.39 is 29.4 Å². The molecule has 0 aliphatic heterocycles. The van der Waals surface area contributed by atoms with Crippen molar-refractivity contribution in [2.45, 2.75) is 13.0 Å². The molecule has 0 aliphatic carbocycles. The fourth-order valence-corrected chi connectivity index (χ4v) is 2.07. The van der Waals surface area contributed by atoms with Crippen LogP contribution in [0.1, 0.15) is 28.9 Å². The zero-order valence-corrected chi connectivity index (χ0v) is 11.7. The van der Waals surface area contributed by atoms with E-state index in [4.69, 9.17) is 11.6 Å². The summed E-state index contributed by atoms with van der Waals surface area (Å²) in [5.74, 6) is -3.03. The van der Waals surface area contributed by atoms with E-state index in [1.165, 1.54) is 12.1 Å². The number of hydrogen-bond donors (Lipinski definition) is 1. The summed E-state index contributed by atoms with van der Waals surface area (Å²) in [6, 6.07) is 6.20. The van der Waals surface area contributed by atoms with Crippen LogP contribution in [-0.2, 0) is 0 Å². The summed E-state index contributed by atoms with van der Waals surface area (Å²) in [6.07, 6.45) is 0. The summed E-state index contributed by atoms with van der Waals surface area (Å²) in [7, 11) is 0. The lowest BCUT2D eigenvalue weighted by Crippen LogP contribution is -2.27. The lowest BCUT2D eigenvalue weighted by atomic mass is 10.1. The fourth-order valence-electron chi connectivity index (χ4n) is 1.81. The van der Waals surface area contributed by atoms with Crippen LogP contribution in [0, 0.1) is 17.5 Å². The van der Waals surface area contributed by atoms with Crippen LogP contribution >= 0.6 is 11.6 Å². The predicted molar refractivity (Wildman–Crippen MR) is 73.6 cm³/mol. The van der Waals surface area contributed by atoms with Crippen molar-refractivity contribution in [1.29, 1.82) is 0 Å². The SMILES string of the molecule is CC(NC(=O)c1ccc(F)cc1Cl)c1ccc(F)c(F)c1. The van der Waals surface area contributed by atoms with Crippen molar-refractivity contribution in [3.8, 4) is 0 Å². The summed E-state index contributed by atoms with van der Waals surface area (Å²) in [5.41, 5.74) is 0.507. The Morgan fingerprint density at radius 2 is 1.81 bits per heavy atom. The number of hydrogen-bond acceptors (Lipinski definition) is 1. The Morgan fingerprint density at radius 1 is 1.10 bits per heavy atom. The van der Waals surface area contributed by atoms with Crippen LogP contribution in [0.5, 0.6) is 0 Å². The predicted octanol–water partition coefficient (Wildman–Crippen LogP) is 4.25. The monoisotopic (exact) mass is 313 g/mol. The summed E-state index contributed by atoms with van der Waals surface area (Å²) in [6.45, 7) is 1.61. The zero-order valence-electron chi connectivity index (χ0n) is 11.0. The first-order valence-corrected chi connectivity index (χ1v) is 6.47. The average Bonchev–Trinajstić information content (AvgIpc) is 2.41. The maximum absolute atomic E-state index is 13.2. The molecule has 0 heterocycles. The van der Waals surface area contributed by atoms with Crippen LogP contribution in [0.4, 0.5) is 13.2 Å². The maximum atomic E-state index is 13.2. The van der Waals surface area contributed by atoms with Gasteiger partial charge in [0, 0.05) is 0 Å². The summed E-state index contributed by atoms with van der Waals surface area (Å²) in [5, 5.41) is 2.56. The minimum atomic E-state index is -0.992. The number of carbonyl (C=O) groups excluding carboxylic acids is 1. The second kappa shape index (κ2) is 6.18. The minimum absolute atomic E-state index is 0.0232. The third-order valence-corrected chi connectivity index (χ3v) is 3.28. The van der Waals surface area contributed by atoms with Crippen LogP contribution in [-0.4, -0.2) is 5.91 Å². The van der Waals surface area contributed by atoms with Gasteiger partial charge in [-0.25, -0.2) is 13.2 Å². The van der Waals surface area contributed by atoms with Crippen LogP contribution in [0.15, 0.2) is 36.4 Å². The molecule has 2 rings (SSSR count). The Kier molecular flexibility index (Phi) is 4.53. The standard InChI is InChI=1S/C15H11ClF3NO/c1-8(9-2-5-13(18)14(19)6-9)20-15(21)11-4-3-10(17)7-12(11)16/h2-8H,1H3,(H,20,21). The molecule has 0 bridgehead atoms. The van der Waals surface area contributed by atoms with Crippen molar-refractivity contribution in [3.05, 3.63) is 70.0 Å². The van der Waals surface area contributed by atoms with Crippen molar-refractivity contribution < 1.29 is 18.0 Å². The first kappa shape index (κ1) is 15.4. The third kappa shape index (κ3) is 3.55. The molecule has 6 heteroatoms. The van der Waals surface area contributed by atoms with Crippen LogP contribution in [0.2, 0.25) is 5.02 Å². The van der Waals surface area contributed by atoms with Crippen LogP contribution in [0.3, 0.4) is 0 Å². The Labute approximate surface area is 124 Å². The van der Waals surface area contributed by atoms with Gasteiger partial charge in [-0.3, -0.25) is 4.79 Å². The van der Waals surface area contributed by atoms with E-state index in [1.807, 2.05) is 0 Å². The maximum Gasteiger partial charge on any atom is 0.253 e. The van der Waals surface area contributed by atoms with E-state index in [9.17, 15) is 18.0 Å². The first-order valence-electron chi connectivity index (χ1n) is 6.09. The van der Waals surface area contributed by atoms with Gasteiger partial charge in [-0.1, -0.05) is 17.7 Å². The van der Waals surface area contributed by atoms with Crippen LogP contribution in [0.25, 0.3) is 0 Å². The second-order valence-corrected chi connectivity index (χ2v) is 4.90. The fraction of sp³-hybridized carbons (Fsp3) is 0.133. The Bertz CT molecular complexity index is 691. The lowest BCUT2D eigenvalue weighted by Gasteiger charge is -2.15. The molecule has 110 valence electrons. The molecule has 0 saturated carbocycles. The molecule has 0 saturated heterocycles. The smallest absolute Gasteiger partial charge is 0.253 e. The molecular weight excluding hydrogens is 303 g/mol. The van der Waals surface area contributed by atoms with Gasteiger partial charge in [-0.2, -0.15) is 0 Å². The van der Waals surface area contributed by atoms with Crippen molar-refractivity contribution in [3.63, 3.8) is 0 Å². The van der Waals surface area contributed by atoms with Crippen molar-refractivity contribution in [2.75, 3.05) is 0 Å². The van der Waals surface area contributed by atoms with Gasteiger partial charge in [0.2, 0.25) is 0 Å². The molecule has 0 aliphatic rings. The second-order valence-electron chi connectivity index (χ2n) is 4.49. The largest absolute Gasteiger partial charge is 0.345 e. The molecule has 0 fully saturated rings. The number of nitrogens with one attached hydrogen (secondary N) is 1. The van der Waals surface area contributed by atoms with E-state index in [2.05, 4.69) is 5.32 Å². The highest BCUT2D eigenvalue weighted by molar-refractivity contribution is 6.33. The molecule has 1 N–H and O–H groups in total. The molecule has 1 unspecified atom stereocenters. The van der Waals surface area contributed by atoms with E-state index in [0.717, 1.165) is 24.3 Å². The number of carbonyl (C=O) groups is 1. The highest BCUT2D eigenvalue weighted by Gasteiger charge is 2.15. The molecule has 21 heavy (non-hydrogen) atoms. The Balaban J connectivity index is 2.16. The molecular formula is C15H11ClF3NO. The number of rotatable bonds is 3. The van der Waals surface area contributed by atoms with Gasteiger partial charge in [0.1, 0.15) is 5.82 Å². The van der Waals surface area contributed by atoms with Gasteiger partial charge in [-0.05, 0) is 42.8 Å². The highest BCUT2D eigenvalue weighted by Crippen LogP contribution is 2.20. The van der Waals surface area contributed by atoms with Gasteiger partial charge < -0.3 is 5.32 Å². The summed E-state index contributed by atoms with van der Waals surface area (Å²) >= 11 is 5.79. The van der Waals surface area contributed by atoms with E-state index in [0.29, 0.717) is 5.56 Å². The molecule has 1 amide bonds. The van der Waals surface area contributed by atoms with Crippen molar-refractivity contribution in [1.82, 2.24) is 5.32 Å². The summed E-state index contributed by atoms with van der Waals surface area (Å²) in [4.78, 5) is 12.0.